The summed E-state index contributed by atoms with van der Waals surface area (Å²) < 4.78 is 64.7. The maximum Gasteiger partial charge on any atom is 2.00 e. The SMILES string of the molecule is CCOc1cc(C(=O)[O-])cc(OCC)c1OCC.CCOc1cc(C(=O)[O-])cc(OCC)c1OCC.CCOc1cc(C(=O)[O-])cc(OCC)c1OCC.CCOc1cc(C(=O)[O-])cc(OCC)c1OCC.[Rh+2].[Rh+2].c1cnccn1.c1cnccn1. The predicted molar refractivity (Wildman–Crippen MR) is 301 cm³/mol. The van der Waals surface area contributed by atoms with Crippen molar-refractivity contribution < 1.29 is 135 Å². The molecule has 0 spiro atoms. The first kappa shape index (κ1) is 79.8. The molecule has 24 nitrogen and oxygen atoms in total. The average molecular weight is 1380 g/mol. The fraction of sp³-hybridized carbons (Fsp3) is 0.400. The standard InChI is InChI=1S/4C13H18O5.2C4H4N2.2Rh/c4*1-4-16-10-7-9(13(14)15)8-11(17-5-2)12(10)18-6-3;2*1-2-6-4-3-5-1;;/h4*7-8H,4-6H2,1-3H3,(H,14,15);2*1-4H;;/q;;;;;;2*+2/p-4. The Bertz CT molecular complexity index is 2330. The number of carbonyl (C=O) groups is 4. The van der Waals surface area contributed by atoms with Gasteiger partial charge in [0.1, 0.15) is 0 Å². The topological polar surface area (TPSA) is 323 Å². The van der Waals surface area contributed by atoms with Crippen LogP contribution in [0.2, 0.25) is 0 Å². The fourth-order valence-corrected chi connectivity index (χ4v) is 6.53. The molecule has 0 fully saturated rings. The molecule has 0 aliphatic carbocycles. The summed E-state index contributed by atoms with van der Waals surface area (Å²) in [5.41, 5.74) is 0.0198. The zero-order valence-corrected chi connectivity index (χ0v) is 53.6. The first-order chi connectivity index (χ1) is 40.5. The quantitative estimate of drug-likeness (QED) is 0.0513. The van der Waals surface area contributed by atoms with E-state index in [1.807, 2.05) is 83.1 Å². The molecule has 4 aromatic carbocycles. The van der Waals surface area contributed by atoms with Gasteiger partial charge < -0.3 is 96.4 Å². The Balaban J connectivity index is 0. The number of carbonyl (C=O) groups excluding carboxylic acids is 4. The van der Waals surface area contributed by atoms with Gasteiger partial charge in [0.05, 0.1) is 103 Å². The van der Waals surface area contributed by atoms with Crippen molar-refractivity contribution in [3.05, 3.63) is 120 Å². The molecule has 0 bridgehead atoms. The number of aromatic nitrogens is 4. The van der Waals surface area contributed by atoms with E-state index in [0.29, 0.717) is 148 Å². The zero-order valence-electron chi connectivity index (χ0n) is 50.3. The summed E-state index contributed by atoms with van der Waals surface area (Å²) in [6.45, 7) is 26.8. The van der Waals surface area contributed by atoms with Crippen LogP contribution in [-0.4, -0.2) is 123 Å². The molecular formula is C60H76N4O20Rh2. The van der Waals surface area contributed by atoms with Crippen LogP contribution in [0.25, 0.3) is 0 Å². The average Bonchev–Trinajstić information content (AvgIpc) is 2.79. The summed E-state index contributed by atoms with van der Waals surface area (Å²) in [6.07, 6.45) is 13.1. The van der Waals surface area contributed by atoms with E-state index in [9.17, 15) is 39.6 Å². The number of carboxylic acid groups (broad SMARTS) is 4. The minimum absolute atomic E-state index is 0. The van der Waals surface area contributed by atoms with Gasteiger partial charge in [-0.15, -0.1) is 0 Å². The van der Waals surface area contributed by atoms with E-state index in [1.165, 1.54) is 48.5 Å². The number of nitrogens with zero attached hydrogens (tertiary/aromatic N) is 4. The van der Waals surface area contributed by atoms with Crippen LogP contribution in [0.1, 0.15) is 125 Å². The Morgan fingerprint density at radius 1 is 0.256 bits per heavy atom. The third-order valence-electron chi connectivity index (χ3n) is 9.53. The van der Waals surface area contributed by atoms with Gasteiger partial charge in [0.15, 0.2) is 46.0 Å². The van der Waals surface area contributed by atoms with Crippen molar-refractivity contribution >= 4 is 23.9 Å². The van der Waals surface area contributed by atoms with Crippen LogP contribution in [0.15, 0.2) is 98.1 Å². The van der Waals surface area contributed by atoms with Crippen molar-refractivity contribution in [3.63, 3.8) is 0 Å². The first-order valence-corrected chi connectivity index (χ1v) is 27.0. The number of ether oxygens (including phenoxy) is 12. The normalized spacial score (nSPS) is 9.44. The van der Waals surface area contributed by atoms with Crippen molar-refractivity contribution in [2.24, 2.45) is 0 Å². The van der Waals surface area contributed by atoms with Gasteiger partial charge in [-0.2, -0.15) is 0 Å². The Hall–Kier alpha value is -8.23. The summed E-state index contributed by atoms with van der Waals surface area (Å²) in [6, 6.07) is 11.1. The molecule has 2 aromatic heterocycles. The molecule has 2 radical (unpaired) electrons. The third-order valence-corrected chi connectivity index (χ3v) is 9.53. The summed E-state index contributed by atoms with van der Waals surface area (Å²) in [5, 5.41) is 43.7. The van der Waals surface area contributed by atoms with Gasteiger partial charge in [0, 0.05) is 71.8 Å². The number of rotatable bonds is 28. The van der Waals surface area contributed by atoms with Crippen LogP contribution in [0.3, 0.4) is 0 Å². The number of hydrogen-bond acceptors (Lipinski definition) is 24. The van der Waals surface area contributed by atoms with Crippen LogP contribution < -0.4 is 77.3 Å². The molecule has 6 aromatic rings. The molecule has 0 unspecified atom stereocenters. The summed E-state index contributed by atoms with van der Waals surface area (Å²) in [7, 11) is 0. The summed E-state index contributed by atoms with van der Waals surface area (Å²) in [5.74, 6) is -0.611. The summed E-state index contributed by atoms with van der Waals surface area (Å²) >= 11 is 0. The molecule has 6 rings (SSSR count). The van der Waals surface area contributed by atoms with Crippen molar-refractivity contribution in [2.75, 3.05) is 79.3 Å². The molecule has 86 heavy (non-hydrogen) atoms. The molecule has 26 heteroatoms. The van der Waals surface area contributed by atoms with E-state index in [1.54, 1.807) is 49.6 Å². The van der Waals surface area contributed by atoms with Gasteiger partial charge in [-0.25, -0.2) is 0 Å². The Morgan fingerprint density at radius 2 is 0.372 bits per heavy atom. The minimum atomic E-state index is -1.28. The van der Waals surface area contributed by atoms with Gasteiger partial charge in [-0.1, -0.05) is 0 Å². The largest absolute Gasteiger partial charge is 2.00 e. The van der Waals surface area contributed by atoms with Crippen LogP contribution in [0.4, 0.5) is 0 Å². The van der Waals surface area contributed by atoms with Crippen molar-refractivity contribution in [1.29, 1.82) is 0 Å². The Labute approximate surface area is 528 Å². The maximum atomic E-state index is 10.9. The molecule has 0 N–H and O–H groups in total. The zero-order chi connectivity index (χ0) is 62.7. The van der Waals surface area contributed by atoms with E-state index in [2.05, 4.69) is 19.9 Å². The predicted octanol–water partition coefficient (Wildman–Crippen LogP) is 5.93. The number of carboxylic acids is 4. The van der Waals surface area contributed by atoms with Crippen molar-refractivity contribution in [3.8, 4) is 69.0 Å². The van der Waals surface area contributed by atoms with Gasteiger partial charge >= 0.3 is 39.0 Å². The molecule has 0 amide bonds. The van der Waals surface area contributed by atoms with Crippen molar-refractivity contribution in [2.45, 2.75) is 83.1 Å². The third kappa shape index (κ3) is 29.5. The second-order valence-electron chi connectivity index (χ2n) is 15.3. The molecular weight excluding hydrogens is 1300 g/mol. The number of benzene rings is 4. The van der Waals surface area contributed by atoms with Crippen LogP contribution in [0, 0.1) is 0 Å². The van der Waals surface area contributed by atoms with Gasteiger partial charge in [0.2, 0.25) is 23.0 Å². The fourth-order valence-electron chi connectivity index (χ4n) is 6.53. The summed E-state index contributed by atoms with van der Waals surface area (Å²) in [4.78, 5) is 58.6. The molecule has 2 heterocycles. The van der Waals surface area contributed by atoms with Gasteiger partial charge in [0.25, 0.3) is 0 Å². The molecule has 0 aliphatic heterocycles. The van der Waals surface area contributed by atoms with Gasteiger partial charge in [-0.3, -0.25) is 19.9 Å². The van der Waals surface area contributed by atoms with Gasteiger partial charge in [-0.05, 0) is 132 Å². The number of hydrogen-bond donors (Lipinski definition) is 0. The van der Waals surface area contributed by atoms with Crippen molar-refractivity contribution in [1.82, 2.24) is 19.9 Å². The minimum Gasteiger partial charge on any atom is -0.545 e. The molecule has 474 valence electrons. The van der Waals surface area contributed by atoms with Crippen LogP contribution in [-0.2, 0) is 39.0 Å². The molecule has 0 saturated carbocycles. The number of aromatic carboxylic acids is 4. The van der Waals surface area contributed by atoms with E-state index < -0.39 is 23.9 Å². The van der Waals surface area contributed by atoms with E-state index in [0.717, 1.165) is 0 Å². The molecule has 0 aliphatic rings. The maximum absolute atomic E-state index is 10.9. The van der Waals surface area contributed by atoms with E-state index in [4.69, 9.17) is 56.8 Å². The second-order valence-corrected chi connectivity index (χ2v) is 15.3. The monoisotopic (exact) mass is 1380 g/mol. The second kappa shape index (κ2) is 48.1. The Kier molecular flexibility index (Phi) is 44.6. The molecule has 0 atom stereocenters. The first-order valence-electron chi connectivity index (χ1n) is 27.0. The Morgan fingerprint density at radius 3 is 0.453 bits per heavy atom. The van der Waals surface area contributed by atoms with E-state index in [-0.39, 0.29) is 61.2 Å². The van der Waals surface area contributed by atoms with E-state index >= 15 is 0 Å². The van der Waals surface area contributed by atoms with Crippen LogP contribution in [0.5, 0.6) is 69.0 Å². The van der Waals surface area contributed by atoms with Crippen LogP contribution >= 0.6 is 0 Å². The smallest absolute Gasteiger partial charge is 0.545 e. The molecule has 0 saturated heterocycles.